The van der Waals surface area contributed by atoms with Crippen LogP contribution in [-0.2, 0) is 4.79 Å². The van der Waals surface area contributed by atoms with Crippen LogP contribution in [0.3, 0.4) is 0 Å². The van der Waals surface area contributed by atoms with E-state index in [1.165, 1.54) is 0 Å². The zero-order valence-electron chi connectivity index (χ0n) is 10.6. The predicted octanol–water partition coefficient (Wildman–Crippen LogP) is 2.24. The van der Waals surface area contributed by atoms with Crippen molar-refractivity contribution >= 4 is 17.7 Å². The molecular weight excluding hydrogens is 305 g/mol. The molecular formula is C12H11F3N4OS. The predicted molar refractivity (Wildman–Crippen MR) is 71.6 cm³/mol. The number of carbonyl (C=O) groups excluding carboxylic acids is 1. The van der Waals surface area contributed by atoms with Gasteiger partial charge in [0.25, 0.3) is 0 Å². The zero-order valence-corrected chi connectivity index (χ0v) is 11.5. The first-order valence-corrected chi connectivity index (χ1v) is 6.87. The Hall–Kier alpha value is -2.03. The molecule has 2 aromatic rings. The molecule has 2 rings (SSSR count). The number of amides is 1. The van der Waals surface area contributed by atoms with Crippen LogP contribution in [0, 0.1) is 0 Å². The van der Waals surface area contributed by atoms with Crippen molar-refractivity contribution in [1.29, 1.82) is 0 Å². The van der Waals surface area contributed by atoms with E-state index in [9.17, 15) is 18.0 Å². The van der Waals surface area contributed by atoms with E-state index in [-0.39, 0.29) is 5.75 Å². The maximum atomic E-state index is 11.9. The second-order valence-corrected chi connectivity index (χ2v) is 4.96. The van der Waals surface area contributed by atoms with Crippen molar-refractivity contribution in [3.63, 3.8) is 0 Å². The summed E-state index contributed by atoms with van der Waals surface area (Å²) in [6.45, 7) is -1.34. The monoisotopic (exact) mass is 316 g/mol. The summed E-state index contributed by atoms with van der Waals surface area (Å²) in [7, 11) is 0. The Balaban J connectivity index is 1.85. The number of halogens is 3. The number of aromatic amines is 1. The molecule has 0 saturated carbocycles. The van der Waals surface area contributed by atoms with E-state index < -0.39 is 18.6 Å². The highest BCUT2D eigenvalue weighted by Gasteiger charge is 2.27. The molecule has 112 valence electrons. The number of carbonyl (C=O) groups is 1. The first kappa shape index (κ1) is 15.4. The topological polar surface area (TPSA) is 70.7 Å². The van der Waals surface area contributed by atoms with Crippen molar-refractivity contribution in [2.45, 2.75) is 11.3 Å². The van der Waals surface area contributed by atoms with Gasteiger partial charge in [0.2, 0.25) is 11.1 Å². The molecule has 0 radical (unpaired) electrons. The first-order chi connectivity index (χ1) is 9.94. The van der Waals surface area contributed by atoms with E-state index in [1.807, 2.05) is 30.3 Å². The fourth-order valence-corrected chi connectivity index (χ4v) is 2.04. The van der Waals surface area contributed by atoms with Crippen molar-refractivity contribution in [3.05, 3.63) is 30.3 Å². The molecule has 0 saturated heterocycles. The lowest BCUT2D eigenvalue weighted by atomic mass is 10.2. The van der Waals surface area contributed by atoms with Gasteiger partial charge in [-0.3, -0.25) is 9.89 Å². The Bertz CT molecular complexity index is 600. The molecule has 1 aromatic carbocycles. The number of alkyl halides is 3. The number of nitrogens with zero attached hydrogens (tertiary/aromatic N) is 2. The summed E-state index contributed by atoms with van der Waals surface area (Å²) in [5.41, 5.74) is 0.832. The van der Waals surface area contributed by atoms with E-state index in [2.05, 4.69) is 15.2 Å². The summed E-state index contributed by atoms with van der Waals surface area (Å²) in [6.07, 6.45) is -4.41. The molecule has 0 bridgehead atoms. The average Bonchev–Trinajstić information content (AvgIpc) is 2.92. The van der Waals surface area contributed by atoms with Crippen LogP contribution in [-0.4, -0.2) is 39.6 Å². The molecule has 0 unspecified atom stereocenters. The molecule has 5 nitrogen and oxygen atoms in total. The molecule has 9 heteroatoms. The smallest absolute Gasteiger partial charge is 0.346 e. The fraction of sp³-hybridized carbons (Fsp3) is 0.250. The largest absolute Gasteiger partial charge is 0.405 e. The molecule has 0 aliphatic rings. The van der Waals surface area contributed by atoms with Gasteiger partial charge in [-0.1, -0.05) is 42.1 Å². The second-order valence-electron chi connectivity index (χ2n) is 4.01. The Morgan fingerprint density at radius 3 is 2.67 bits per heavy atom. The van der Waals surface area contributed by atoms with Crippen molar-refractivity contribution in [3.8, 4) is 11.4 Å². The Morgan fingerprint density at radius 2 is 2.00 bits per heavy atom. The lowest BCUT2D eigenvalue weighted by Gasteiger charge is -2.07. The number of aromatic nitrogens is 3. The first-order valence-electron chi connectivity index (χ1n) is 5.88. The van der Waals surface area contributed by atoms with Gasteiger partial charge in [0.15, 0.2) is 5.82 Å². The van der Waals surface area contributed by atoms with Gasteiger partial charge in [-0.05, 0) is 0 Å². The van der Waals surface area contributed by atoms with Gasteiger partial charge >= 0.3 is 6.18 Å². The molecule has 1 aromatic heterocycles. The fourth-order valence-electron chi connectivity index (χ4n) is 1.42. The van der Waals surface area contributed by atoms with Gasteiger partial charge in [-0.2, -0.15) is 13.2 Å². The number of H-pyrrole nitrogens is 1. The second kappa shape index (κ2) is 6.61. The SMILES string of the molecule is O=C(CSc1n[nH]c(-c2ccccc2)n1)NCC(F)(F)F. The van der Waals surface area contributed by atoms with E-state index in [0.29, 0.717) is 11.0 Å². The van der Waals surface area contributed by atoms with Gasteiger partial charge in [0.1, 0.15) is 6.54 Å². The van der Waals surface area contributed by atoms with Gasteiger partial charge < -0.3 is 5.32 Å². The molecule has 0 fully saturated rings. The van der Waals surface area contributed by atoms with E-state index in [4.69, 9.17) is 0 Å². The van der Waals surface area contributed by atoms with Gasteiger partial charge in [-0.15, -0.1) is 5.10 Å². The summed E-state index contributed by atoms with van der Waals surface area (Å²) in [5, 5.41) is 8.69. The third kappa shape index (κ3) is 5.10. The Labute approximate surface area is 122 Å². The average molecular weight is 316 g/mol. The lowest BCUT2D eigenvalue weighted by molar-refractivity contribution is -0.136. The highest BCUT2D eigenvalue weighted by molar-refractivity contribution is 7.99. The summed E-state index contributed by atoms with van der Waals surface area (Å²) < 4.78 is 35.8. The number of hydrogen-bond donors (Lipinski definition) is 2. The van der Waals surface area contributed by atoms with Gasteiger partial charge in [-0.25, -0.2) is 4.98 Å². The van der Waals surface area contributed by atoms with Crippen LogP contribution < -0.4 is 5.32 Å². The summed E-state index contributed by atoms with van der Waals surface area (Å²) >= 11 is 0.962. The third-order valence-corrected chi connectivity index (χ3v) is 3.18. The number of nitrogens with one attached hydrogen (secondary N) is 2. The minimum Gasteiger partial charge on any atom is -0.346 e. The van der Waals surface area contributed by atoms with E-state index >= 15 is 0 Å². The number of hydrogen-bond acceptors (Lipinski definition) is 4. The molecule has 0 spiro atoms. The molecule has 1 amide bonds. The lowest BCUT2D eigenvalue weighted by Crippen LogP contribution is -2.34. The standard InChI is InChI=1S/C12H11F3N4OS/c13-12(14,15)7-16-9(20)6-21-11-17-10(18-19-11)8-4-2-1-3-5-8/h1-5H,6-7H2,(H,16,20)(H,17,18,19). The van der Waals surface area contributed by atoms with Crippen LogP contribution in [0.15, 0.2) is 35.5 Å². The van der Waals surface area contributed by atoms with Crippen LogP contribution in [0.25, 0.3) is 11.4 Å². The van der Waals surface area contributed by atoms with E-state index in [0.717, 1.165) is 17.3 Å². The summed E-state index contributed by atoms with van der Waals surface area (Å²) in [6, 6.07) is 9.22. The highest BCUT2D eigenvalue weighted by atomic mass is 32.2. The van der Waals surface area contributed by atoms with Crippen LogP contribution >= 0.6 is 11.8 Å². The van der Waals surface area contributed by atoms with E-state index in [1.54, 1.807) is 5.32 Å². The van der Waals surface area contributed by atoms with Crippen LogP contribution in [0.2, 0.25) is 0 Å². The maximum absolute atomic E-state index is 11.9. The summed E-state index contributed by atoms with van der Waals surface area (Å²) in [4.78, 5) is 15.4. The summed E-state index contributed by atoms with van der Waals surface area (Å²) in [5.74, 6) is -0.362. The minimum atomic E-state index is -4.41. The molecule has 0 aliphatic heterocycles. The van der Waals surface area contributed by atoms with Crippen molar-refractivity contribution in [2.24, 2.45) is 0 Å². The van der Waals surface area contributed by atoms with Crippen molar-refractivity contribution < 1.29 is 18.0 Å². The Kier molecular flexibility index (Phi) is 4.84. The number of benzene rings is 1. The number of rotatable bonds is 5. The quantitative estimate of drug-likeness (QED) is 0.830. The zero-order chi connectivity index (χ0) is 15.3. The maximum Gasteiger partial charge on any atom is 0.405 e. The van der Waals surface area contributed by atoms with Crippen molar-refractivity contribution in [1.82, 2.24) is 20.5 Å². The molecule has 0 aliphatic carbocycles. The highest BCUT2D eigenvalue weighted by Crippen LogP contribution is 2.18. The van der Waals surface area contributed by atoms with Crippen LogP contribution in [0.1, 0.15) is 0 Å². The molecule has 1 heterocycles. The van der Waals surface area contributed by atoms with Gasteiger partial charge in [0.05, 0.1) is 5.75 Å². The molecule has 21 heavy (non-hydrogen) atoms. The molecule has 0 atom stereocenters. The van der Waals surface area contributed by atoms with Crippen LogP contribution in [0.5, 0.6) is 0 Å². The van der Waals surface area contributed by atoms with Crippen molar-refractivity contribution in [2.75, 3.05) is 12.3 Å². The van der Waals surface area contributed by atoms with Gasteiger partial charge in [0, 0.05) is 5.56 Å². The van der Waals surface area contributed by atoms with Crippen LogP contribution in [0.4, 0.5) is 13.2 Å². The molecule has 2 N–H and O–H groups in total. The number of thioether (sulfide) groups is 1. The minimum absolute atomic E-state index is 0.178. The normalized spacial score (nSPS) is 11.4. The third-order valence-electron chi connectivity index (χ3n) is 2.33. The Morgan fingerprint density at radius 1 is 1.29 bits per heavy atom.